The van der Waals surface area contributed by atoms with Gasteiger partial charge in [0.25, 0.3) is 5.91 Å². The van der Waals surface area contributed by atoms with Crippen LogP contribution in [0.2, 0.25) is 0 Å². The van der Waals surface area contributed by atoms with Crippen LogP contribution in [0.3, 0.4) is 0 Å². The molecule has 1 saturated heterocycles. The summed E-state index contributed by atoms with van der Waals surface area (Å²) < 4.78 is 5.82. The van der Waals surface area contributed by atoms with Crippen LogP contribution in [0.15, 0.2) is 36.5 Å². The van der Waals surface area contributed by atoms with E-state index >= 15 is 0 Å². The van der Waals surface area contributed by atoms with Crippen LogP contribution >= 0.6 is 0 Å². The summed E-state index contributed by atoms with van der Waals surface area (Å²) in [4.78, 5) is 14.9. The number of aliphatic hydroxyl groups excluding tert-OH is 1. The lowest BCUT2D eigenvalue weighted by Gasteiger charge is -2.42. The molecule has 1 aliphatic carbocycles. The van der Waals surface area contributed by atoms with Crippen molar-refractivity contribution in [2.75, 3.05) is 13.7 Å². The quantitative estimate of drug-likeness (QED) is 0.897. The Balaban J connectivity index is 1.56. The molecule has 25 heavy (non-hydrogen) atoms. The number of carbonyl (C=O) groups is 1. The van der Waals surface area contributed by atoms with E-state index in [2.05, 4.69) is 10.2 Å². The third kappa shape index (κ3) is 2.75. The molecule has 0 unspecified atom stereocenters. The molecule has 1 aliphatic heterocycles. The van der Waals surface area contributed by atoms with Gasteiger partial charge in [-0.15, -0.1) is 0 Å². The van der Waals surface area contributed by atoms with Crippen LogP contribution in [0.25, 0.3) is 11.3 Å². The zero-order valence-electron chi connectivity index (χ0n) is 14.3. The molecular formula is C19H23N3O3. The normalized spacial score (nSPS) is 28.8. The predicted molar refractivity (Wildman–Crippen MR) is 93.1 cm³/mol. The summed E-state index contributed by atoms with van der Waals surface area (Å²) in [5.41, 5.74) is 2.28. The van der Waals surface area contributed by atoms with E-state index in [0.717, 1.165) is 30.5 Å². The van der Waals surface area contributed by atoms with Crippen LogP contribution in [0, 0.1) is 0 Å². The average Bonchev–Trinajstić information content (AvgIpc) is 3.30. The second kappa shape index (κ2) is 6.28. The molecule has 1 aromatic carbocycles. The van der Waals surface area contributed by atoms with Gasteiger partial charge >= 0.3 is 0 Å². The second-order valence-electron chi connectivity index (χ2n) is 7.01. The van der Waals surface area contributed by atoms with Crippen molar-refractivity contribution in [1.29, 1.82) is 0 Å². The molecule has 2 aromatic rings. The summed E-state index contributed by atoms with van der Waals surface area (Å²) in [6.07, 6.45) is 4.31. The van der Waals surface area contributed by atoms with E-state index in [9.17, 15) is 9.90 Å². The molecule has 2 heterocycles. The van der Waals surface area contributed by atoms with E-state index in [1.165, 1.54) is 0 Å². The van der Waals surface area contributed by atoms with Gasteiger partial charge in [0.1, 0.15) is 0 Å². The van der Waals surface area contributed by atoms with Gasteiger partial charge in [-0.1, -0.05) is 12.1 Å². The molecule has 6 nitrogen and oxygen atoms in total. The maximum absolute atomic E-state index is 13.0. The molecular weight excluding hydrogens is 318 g/mol. The lowest BCUT2D eigenvalue weighted by atomic mass is 9.79. The van der Waals surface area contributed by atoms with Gasteiger partial charge < -0.3 is 14.7 Å². The van der Waals surface area contributed by atoms with Gasteiger partial charge in [-0.2, -0.15) is 5.10 Å². The first-order valence-electron chi connectivity index (χ1n) is 8.77. The Labute approximate surface area is 146 Å². The maximum atomic E-state index is 13.0. The number of likely N-dealkylation sites (tertiary alicyclic amines) is 1. The fourth-order valence-corrected chi connectivity index (χ4v) is 4.29. The van der Waals surface area contributed by atoms with E-state index in [1.54, 1.807) is 13.3 Å². The summed E-state index contributed by atoms with van der Waals surface area (Å²) in [7, 11) is 1.72. The van der Waals surface area contributed by atoms with Crippen molar-refractivity contribution >= 4 is 5.91 Å². The molecule has 6 heteroatoms. The Morgan fingerprint density at radius 2 is 2.12 bits per heavy atom. The average molecular weight is 341 g/mol. The Morgan fingerprint density at radius 3 is 2.80 bits per heavy atom. The van der Waals surface area contributed by atoms with Crippen molar-refractivity contribution in [2.24, 2.45) is 0 Å². The molecule has 2 fully saturated rings. The van der Waals surface area contributed by atoms with Gasteiger partial charge in [-0.3, -0.25) is 9.89 Å². The molecule has 132 valence electrons. The molecule has 1 amide bonds. The van der Waals surface area contributed by atoms with Crippen molar-refractivity contribution in [3.05, 3.63) is 42.1 Å². The fraction of sp³-hybridized carbons (Fsp3) is 0.474. The zero-order valence-corrected chi connectivity index (χ0v) is 14.3. The van der Waals surface area contributed by atoms with Crippen molar-refractivity contribution in [1.82, 2.24) is 15.1 Å². The molecule has 2 N–H and O–H groups in total. The van der Waals surface area contributed by atoms with E-state index in [0.29, 0.717) is 18.5 Å². The number of aromatic nitrogens is 2. The highest BCUT2D eigenvalue weighted by Gasteiger charge is 2.52. The van der Waals surface area contributed by atoms with Crippen molar-refractivity contribution in [3.8, 4) is 11.3 Å². The largest absolute Gasteiger partial charge is 0.393 e. The van der Waals surface area contributed by atoms with Crippen LogP contribution in [-0.4, -0.2) is 57.5 Å². The molecule has 3 atom stereocenters. The van der Waals surface area contributed by atoms with Gasteiger partial charge in [0.15, 0.2) is 0 Å². The van der Waals surface area contributed by atoms with Crippen LogP contribution in [-0.2, 0) is 4.74 Å². The summed E-state index contributed by atoms with van der Waals surface area (Å²) in [5.74, 6) is 0.00851. The molecule has 1 saturated carbocycles. The first-order chi connectivity index (χ1) is 12.1. The summed E-state index contributed by atoms with van der Waals surface area (Å²) in [5, 5.41) is 16.9. The predicted octanol–water partition coefficient (Wildman–Crippen LogP) is 2.22. The number of carbonyl (C=O) groups excluding carboxylic acids is 1. The summed E-state index contributed by atoms with van der Waals surface area (Å²) in [6, 6.07) is 9.40. The monoisotopic (exact) mass is 341 g/mol. The number of hydrogen-bond acceptors (Lipinski definition) is 4. The molecule has 0 radical (unpaired) electrons. The Kier molecular flexibility index (Phi) is 4.09. The third-order valence-electron chi connectivity index (χ3n) is 5.77. The van der Waals surface area contributed by atoms with E-state index in [1.807, 2.05) is 35.2 Å². The number of nitrogens with one attached hydrogen (secondary N) is 1. The van der Waals surface area contributed by atoms with Crippen LogP contribution in [0.4, 0.5) is 0 Å². The maximum Gasteiger partial charge on any atom is 0.254 e. The number of amides is 1. The third-order valence-corrected chi connectivity index (χ3v) is 5.77. The van der Waals surface area contributed by atoms with Crippen molar-refractivity contribution in [3.63, 3.8) is 0 Å². The number of fused-ring (bicyclic) bond motifs is 1. The van der Waals surface area contributed by atoms with E-state index in [4.69, 9.17) is 4.74 Å². The molecule has 4 rings (SSSR count). The molecule has 2 aliphatic rings. The lowest BCUT2D eigenvalue weighted by Crippen LogP contribution is -2.52. The number of nitrogens with zero attached hydrogens (tertiary/aromatic N) is 2. The molecule has 0 bridgehead atoms. The SMILES string of the molecule is CO[C@@]12CC[C@@H](O)C[C@@H]1N(C(=O)c1ccc(-c3ccn[nH]3)cc1)CC2. The highest BCUT2D eigenvalue weighted by atomic mass is 16.5. The smallest absolute Gasteiger partial charge is 0.254 e. The van der Waals surface area contributed by atoms with Gasteiger partial charge in [0.2, 0.25) is 0 Å². The van der Waals surface area contributed by atoms with Crippen LogP contribution < -0.4 is 0 Å². The number of rotatable bonds is 3. The molecule has 1 aromatic heterocycles. The van der Waals surface area contributed by atoms with E-state index < -0.39 is 0 Å². The standard InChI is InChI=1S/C19H23N3O3/c1-25-19-8-6-15(23)12-17(19)22(11-9-19)18(24)14-4-2-13(3-5-14)16-7-10-20-21-16/h2-5,7,10,15,17,23H,6,8-9,11-12H2,1H3,(H,20,21)/t15-,17+,19-/m1/s1. The number of ether oxygens (including phenoxy) is 1. The van der Waals surface area contributed by atoms with Gasteiger partial charge in [0.05, 0.1) is 23.4 Å². The summed E-state index contributed by atoms with van der Waals surface area (Å²) in [6.45, 7) is 0.673. The number of methoxy groups -OCH3 is 1. The minimum atomic E-state index is -0.357. The first kappa shape index (κ1) is 16.3. The van der Waals surface area contributed by atoms with Crippen molar-refractivity contribution < 1.29 is 14.6 Å². The fourth-order valence-electron chi connectivity index (χ4n) is 4.29. The van der Waals surface area contributed by atoms with Gasteiger partial charge in [0, 0.05) is 25.4 Å². The number of aromatic amines is 1. The Morgan fingerprint density at radius 1 is 1.32 bits per heavy atom. The lowest BCUT2D eigenvalue weighted by molar-refractivity contribution is -0.0824. The topological polar surface area (TPSA) is 78.5 Å². The first-order valence-corrected chi connectivity index (χ1v) is 8.77. The van der Waals surface area contributed by atoms with Gasteiger partial charge in [-0.25, -0.2) is 0 Å². The molecule has 0 spiro atoms. The zero-order chi connectivity index (χ0) is 17.4. The minimum Gasteiger partial charge on any atom is -0.393 e. The number of H-pyrrole nitrogens is 1. The highest BCUT2D eigenvalue weighted by molar-refractivity contribution is 5.95. The number of benzene rings is 1. The number of hydrogen-bond donors (Lipinski definition) is 2. The second-order valence-corrected chi connectivity index (χ2v) is 7.01. The Hall–Kier alpha value is -2.18. The van der Waals surface area contributed by atoms with E-state index in [-0.39, 0.29) is 23.7 Å². The minimum absolute atomic E-state index is 0.00851. The van der Waals surface area contributed by atoms with Crippen molar-refractivity contribution in [2.45, 2.75) is 43.4 Å². The van der Waals surface area contributed by atoms with Crippen LogP contribution in [0.5, 0.6) is 0 Å². The number of aliphatic hydroxyl groups is 1. The Bertz CT molecular complexity index is 744. The van der Waals surface area contributed by atoms with Gasteiger partial charge in [-0.05, 0) is 49.4 Å². The highest BCUT2D eigenvalue weighted by Crippen LogP contribution is 2.42. The van der Waals surface area contributed by atoms with Crippen LogP contribution in [0.1, 0.15) is 36.0 Å². The summed E-state index contributed by atoms with van der Waals surface area (Å²) >= 11 is 0.